The summed E-state index contributed by atoms with van der Waals surface area (Å²) in [5.41, 5.74) is 0. The molecule has 1 heteroatoms. The van der Waals surface area contributed by atoms with Crippen LogP contribution < -0.4 is 0 Å². The lowest BCUT2D eigenvalue weighted by Gasteiger charge is -2.39. The summed E-state index contributed by atoms with van der Waals surface area (Å²) in [7, 11) is 0. The van der Waals surface area contributed by atoms with Crippen LogP contribution in [0.1, 0.15) is 39.0 Å². The lowest BCUT2D eigenvalue weighted by molar-refractivity contribution is 0.259. The second-order valence-corrected chi connectivity index (χ2v) is 5.47. The van der Waals surface area contributed by atoms with Crippen LogP contribution in [0, 0.1) is 11.8 Å². The van der Waals surface area contributed by atoms with Crippen LogP contribution >= 0.6 is 11.8 Å². The Kier molecular flexibility index (Phi) is 2.45. The number of rotatable bonds is 0. The van der Waals surface area contributed by atoms with Crippen molar-refractivity contribution < 1.29 is 0 Å². The van der Waals surface area contributed by atoms with Crippen molar-refractivity contribution in [2.75, 3.05) is 5.75 Å². The average Bonchev–Trinajstić information content (AvgIpc) is 2.06. The van der Waals surface area contributed by atoms with Crippen LogP contribution in [0.4, 0.5) is 0 Å². The van der Waals surface area contributed by atoms with E-state index >= 15 is 0 Å². The van der Waals surface area contributed by atoms with E-state index in [1.54, 1.807) is 0 Å². The summed E-state index contributed by atoms with van der Waals surface area (Å²) < 4.78 is 0. The second-order valence-electron chi connectivity index (χ2n) is 4.12. The Morgan fingerprint density at radius 1 is 1.09 bits per heavy atom. The Balaban J connectivity index is 1.99. The van der Waals surface area contributed by atoms with Gasteiger partial charge in [-0.05, 0) is 36.9 Å². The summed E-state index contributed by atoms with van der Waals surface area (Å²) in [6.07, 6.45) is 7.53. The van der Waals surface area contributed by atoms with Gasteiger partial charge in [-0.3, -0.25) is 0 Å². The van der Waals surface area contributed by atoms with Gasteiger partial charge in [0, 0.05) is 5.25 Å². The minimum atomic E-state index is 1.03. The smallest absolute Gasteiger partial charge is 0.00778 e. The molecular formula is C10H18S. The highest BCUT2D eigenvalue weighted by Crippen LogP contribution is 2.43. The Labute approximate surface area is 74.1 Å². The van der Waals surface area contributed by atoms with Gasteiger partial charge in [0.2, 0.25) is 0 Å². The molecule has 0 aromatic heterocycles. The van der Waals surface area contributed by atoms with E-state index in [1.807, 2.05) is 0 Å². The van der Waals surface area contributed by atoms with Gasteiger partial charge >= 0.3 is 0 Å². The first kappa shape index (κ1) is 7.97. The summed E-state index contributed by atoms with van der Waals surface area (Å²) in [5, 5.41) is 1.05. The topological polar surface area (TPSA) is 0 Å². The molecule has 0 aromatic rings. The molecule has 1 heterocycles. The van der Waals surface area contributed by atoms with E-state index in [0.717, 1.165) is 17.1 Å². The highest BCUT2D eigenvalue weighted by molar-refractivity contribution is 7.99. The van der Waals surface area contributed by atoms with E-state index in [0.29, 0.717) is 0 Å². The highest BCUT2D eigenvalue weighted by atomic mass is 32.2. The first-order valence-electron chi connectivity index (χ1n) is 4.99. The SMILES string of the molecule is CC1CCSC2CCCCC12. The molecular weight excluding hydrogens is 152 g/mol. The number of hydrogen-bond donors (Lipinski definition) is 0. The minimum Gasteiger partial charge on any atom is -0.158 e. The molecule has 1 saturated carbocycles. The number of hydrogen-bond acceptors (Lipinski definition) is 1. The van der Waals surface area contributed by atoms with Crippen LogP contribution in [0.15, 0.2) is 0 Å². The van der Waals surface area contributed by atoms with Gasteiger partial charge in [-0.2, -0.15) is 11.8 Å². The maximum Gasteiger partial charge on any atom is 0.00778 e. The van der Waals surface area contributed by atoms with Crippen molar-refractivity contribution >= 4 is 11.8 Å². The normalized spacial score (nSPS) is 45.0. The van der Waals surface area contributed by atoms with Crippen LogP contribution in [0.25, 0.3) is 0 Å². The largest absolute Gasteiger partial charge is 0.158 e. The molecule has 2 rings (SSSR count). The molecule has 2 fully saturated rings. The maximum atomic E-state index is 2.46. The van der Waals surface area contributed by atoms with Gasteiger partial charge in [0.05, 0.1) is 0 Å². The van der Waals surface area contributed by atoms with Crippen molar-refractivity contribution in [2.24, 2.45) is 11.8 Å². The molecule has 3 atom stereocenters. The molecule has 11 heavy (non-hydrogen) atoms. The van der Waals surface area contributed by atoms with Gasteiger partial charge in [-0.15, -0.1) is 0 Å². The van der Waals surface area contributed by atoms with Crippen LogP contribution in [-0.2, 0) is 0 Å². The summed E-state index contributed by atoms with van der Waals surface area (Å²) in [6, 6.07) is 0. The molecule has 2 aliphatic rings. The highest BCUT2D eigenvalue weighted by Gasteiger charge is 2.32. The molecule has 0 radical (unpaired) electrons. The van der Waals surface area contributed by atoms with Gasteiger partial charge in [0.15, 0.2) is 0 Å². The summed E-state index contributed by atoms with van der Waals surface area (Å²) >= 11 is 2.25. The molecule has 1 saturated heterocycles. The molecule has 0 bridgehead atoms. The minimum absolute atomic E-state index is 1.03. The Bertz CT molecular complexity index is 131. The molecule has 0 nitrogen and oxygen atoms in total. The first-order chi connectivity index (χ1) is 5.38. The van der Waals surface area contributed by atoms with E-state index < -0.39 is 0 Å². The average molecular weight is 170 g/mol. The Morgan fingerprint density at radius 2 is 1.91 bits per heavy atom. The summed E-state index contributed by atoms with van der Waals surface area (Å²) in [4.78, 5) is 0. The third-order valence-corrected chi connectivity index (χ3v) is 4.87. The molecule has 3 unspecified atom stereocenters. The zero-order valence-electron chi connectivity index (χ0n) is 7.38. The van der Waals surface area contributed by atoms with Gasteiger partial charge < -0.3 is 0 Å². The molecule has 0 amide bonds. The maximum absolute atomic E-state index is 2.46. The predicted molar refractivity (Wildman–Crippen MR) is 52.0 cm³/mol. The molecule has 1 aliphatic carbocycles. The lowest BCUT2D eigenvalue weighted by Crippen LogP contribution is -2.31. The predicted octanol–water partition coefficient (Wildman–Crippen LogP) is 3.32. The van der Waals surface area contributed by atoms with Gasteiger partial charge in [-0.25, -0.2) is 0 Å². The standard InChI is InChI=1S/C10H18S/c1-8-6-7-11-10-5-3-2-4-9(8)10/h8-10H,2-7H2,1H3. The van der Waals surface area contributed by atoms with E-state index in [2.05, 4.69) is 18.7 Å². The van der Waals surface area contributed by atoms with E-state index in [9.17, 15) is 0 Å². The van der Waals surface area contributed by atoms with Crippen molar-refractivity contribution in [3.05, 3.63) is 0 Å². The fraction of sp³-hybridized carbons (Fsp3) is 1.00. The van der Waals surface area contributed by atoms with Crippen molar-refractivity contribution in [3.63, 3.8) is 0 Å². The first-order valence-corrected chi connectivity index (χ1v) is 6.04. The van der Waals surface area contributed by atoms with Crippen LogP contribution in [0.2, 0.25) is 0 Å². The summed E-state index contributed by atoms with van der Waals surface area (Å²) in [6.45, 7) is 2.46. The van der Waals surface area contributed by atoms with Crippen molar-refractivity contribution in [3.8, 4) is 0 Å². The van der Waals surface area contributed by atoms with Gasteiger partial charge in [0.1, 0.15) is 0 Å². The third-order valence-electron chi connectivity index (χ3n) is 3.39. The molecule has 0 N–H and O–H groups in total. The Hall–Kier alpha value is 0.350. The number of fused-ring (bicyclic) bond motifs is 1. The second kappa shape index (κ2) is 3.38. The van der Waals surface area contributed by atoms with E-state index in [1.165, 1.54) is 37.9 Å². The van der Waals surface area contributed by atoms with Crippen molar-refractivity contribution in [2.45, 2.75) is 44.3 Å². The quantitative estimate of drug-likeness (QED) is 0.537. The molecule has 64 valence electrons. The van der Waals surface area contributed by atoms with Crippen LogP contribution in [0.5, 0.6) is 0 Å². The van der Waals surface area contributed by atoms with E-state index in [4.69, 9.17) is 0 Å². The number of thioether (sulfide) groups is 1. The monoisotopic (exact) mass is 170 g/mol. The Morgan fingerprint density at radius 3 is 2.73 bits per heavy atom. The fourth-order valence-electron chi connectivity index (χ4n) is 2.60. The van der Waals surface area contributed by atoms with Crippen LogP contribution in [0.3, 0.4) is 0 Å². The van der Waals surface area contributed by atoms with E-state index in [-0.39, 0.29) is 0 Å². The van der Waals surface area contributed by atoms with Gasteiger partial charge in [0.25, 0.3) is 0 Å². The zero-order chi connectivity index (χ0) is 7.68. The van der Waals surface area contributed by atoms with Gasteiger partial charge in [-0.1, -0.05) is 19.8 Å². The van der Waals surface area contributed by atoms with Crippen molar-refractivity contribution in [1.82, 2.24) is 0 Å². The van der Waals surface area contributed by atoms with Crippen molar-refractivity contribution in [1.29, 1.82) is 0 Å². The fourth-order valence-corrected chi connectivity index (χ4v) is 4.40. The van der Waals surface area contributed by atoms with Crippen LogP contribution in [-0.4, -0.2) is 11.0 Å². The third kappa shape index (κ3) is 1.58. The molecule has 1 aliphatic heterocycles. The molecule has 0 aromatic carbocycles. The summed E-state index contributed by atoms with van der Waals surface area (Å²) in [5.74, 6) is 3.55. The molecule has 0 spiro atoms. The zero-order valence-corrected chi connectivity index (χ0v) is 8.20. The lowest BCUT2D eigenvalue weighted by atomic mass is 9.79.